The first-order chi connectivity index (χ1) is 13.9. The number of likely N-dealkylation sites (N-methyl/N-ethyl adjacent to an activating group) is 2. The molecule has 1 aliphatic heterocycles. The van der Waals surface area contributed by atoms with Gasteiger partial charge in [-0.15, -0.1) is 0 Å². The molecule has 1 heterocycles. The predicted molar refractivity (Wildman–Crippen MR) is 123 cm³/mol. The summed E-state index contributed by atoms with van der Waals surface area (Å²) >= 11 is 0. The van der Waals surface area contributed by atoms with E-state index in [1.807, 2.05) is 14.1 Å². The smallest absolute Gasteiger partial charge is 0.349 e. The second-order valence-corrected chi connectivity index (χ2v) is 13.6. The number of hydrogen-bond acceptors (Lipinski definition) is 4. The van der Waals surface area contributed by atoms with E-state index in [0.29, 0.717) is 23.8 Å². The van der Waals surface area contributed by atoms with Gasteiger partial charge in [-0.25, -0.2) is 8.68 Å². The quantitative estimate of drug-likeness (QED) is 0.592. The molecule has 1 saturated heterocycles. The molecular formula is C23H42N3O4S+3. The summed E-state index contributed by atoms with van der Waals surface area (Å²) < 4.78 is 32.2. The largest absolute Gasteiger partial charge is 0.496 e. The van der Waals surface area contributed by atoms with E-state index in [1.165, 1.54) is 19.2 Å². The number of benzene rings is 1. The molecule has 0 aromatic heterocycles. The van der Waals surface area contributed by atoms with Crippen LogP contribution in [-0.2, 0) is 10.0 Å². The fourth-order valence-corrected chi connectivity index (χ4v) is 6.41. The number of likely N-dealkylation sites (tertiary alicyclic amines) is 1. The van der Waals surface area contributed by atoms with Crippen LogP contribution in [-0.4, -0.2) is 102 Å². The molecule has 0 N–H and O–H groups in total. The Morgan fingerprint density at radius 1 is 1.23 bits per heavy atom. The van der Waals surface area contributed by atoms with E-state index < -0.39 is 10.0 Å². The number of nitrogens with zero attached hydrogens (tertiary/aromatic N) is 3. The lowest BCUT2D eigenvalue weighted by atomic mass is 9.92. The number of quaternary nitrogens is 3. The van der Waals surface area contributed by atoms with Crippen LogP contribution in [0.3, 0.4) is 0 Å². The van der Waals surface area contributed by atoms with Crippen LogP contribution in [0.5, 0.6) is 5.75 Å². The number of methoxy groups -OCH3 is 1. The number of carbonyl (C=O) groups is 1. The second kappa shape index (κ2) is 8.14. The highest BCUT2D eigenvalue weighted by molar-refractivity contribution is 7.85. The summed E-state index contributed by atoms with van der Waals surface area (Å²) in [6.07, 6.45) is 1.05. The number of rotatable bonds is 7. The van der Waals surface area contributed by atoms with Crippen LogP contribution in [0.2, 0.25) is 0 Å². The molecule has 0 radical (unpaired) electrons. The summed E-state index contributed by atoms with van der Waals surface area (Å²) in [6.45, 7) is 9.54. The van der Waals surface area contributed by atoms with Gasteiger partial charge in [0.1, 0.15) is 28.3 Å². The van der Waals surface area contributed by atoms with E-state index >= 15 is 0 Å². The molecule has 176 valence electrons. The first-order valence-electron chi connectivity index (χ1n) is 10.9. The van der Waals surface area contributed by atoms with Crippen molar-refractivity contribution >= 4 is 15.9 Å². The third-order valence-corrected chi connectivity index (χ3v) is 9.50. The van der Waals surface area contributed by atoms with Crippen LogP contribution < -0.4 is 4.74 Å². The molecule has 0 saturated carbocycles. The Bertz CT molecular complexity index is 952. The number of amides is 1. The molecule has 1 aromatic carbocycles. The van der Waals surface area contributed by atoms with Gasteiger partial charge >= 0.3 is 15.9 Å². The van der Waals surface area contributed by atoms with Crippen LogP contribution in [0.1, 0.15) is 37.6 Å². The molecule has 0 spiro atoms. The summed E-state index contributed by atoms with van der Waals surface area (Å²) in [4.78, 5) is 13.9. The highest BCUT2D eigenvalue weighted by Crippen LogP contribution is 2.40. The molecule has 8 heteroatoms. The van der Waals surface area contributed by atoms with Gasteiger partial charge in [-0.3, -0.25) is 4.48 Å². The van der Waals surface area contributed by atoms with Gasteiger partial charge < -0.3 is 9.22 Å². The average molecular weight is 457 g/mol. The first kappa shape index (κ1) is 25.8. The maximum absolute atomic E-state index is 13.8. The molecule has 3 atom stereocenters. The van der Waals surface area contributed by atoms with Gasteiger partial charge in [0.25, 0.3) is 0 Å². The average Bonchev–Trinajstić information content (AvgIpc) is 2.87. The Morgan fingerprint density at radius 3 is 2.29 bits per heavy atom. The minimum absolute atomic E-state index is 0.0491. The van der Waals surface area contributed by atoms with Gasteiger partial charge in [0, 0.05) is 12.3 Å². The van der Waals surface area contributed by atoms with Gasteiger partial charge in [0.2, 0.25) is 0 Å². The lowest BCUT2D eigenvalue weighted by Gasteiger charge is -2.46. The van der Waals surface area contributed by atoms with Gasteiger partial charge in [-0.1, -0.05) is 6.92 Å². The van der Waals surface area contributed by atoms with Crippen molar-refractivity contribution < 1.29 is 30.8 Å². The topological polar surface area (TPSA) is 60.4 Å². The molecule has 1 aromatic rings. The molecule has 1 fully saturated rings. The number of carbonyl (C=O) groups excluding carboxylic acids is 1. The zero-order valence-electron chi connectivity index (χ0n) is 21.0. The molecule has 7 nitrogen and oxygen atoms in total. The maximum Gasteiger partial charge on any atom is 0.349 e. The molecule has 31 heavy (non-hydrogen) atoms. The Labute approximate surface area is 189 Å². The van der Waals surface area contributed by atoms with Crippen LogP contribution in [0.15, 0.2) is 23.1 Å². The Hall–Kier alpha value is -1.48. The third kappa shape index (κ3) is 4.53. The zero-order valence-corrected chi connectivity index (χ0v) is 21.8. The Balaban J connectivity index is 2.51. The zero-order chi connectivity index (χ0) is 24.0. The second-order valence-electron chi connectivity index (χ2n) is 11.1. The number of ether oxygens (including phenoxy) is 1. The van der Waals surface area contributed by atoms with Crippen molar-refractivity contribution in [2.75, 3.05) is 69.0 Å². The van der Waals surface area contributed by atoms with E-state index in [0.717, 1.165) is 24.0 Å². The standard InChI is InChI=1S/C23H42N3O4S/c1-11-26(9)16-18(2)15-23(26,3)17-25(7,8)22(27)20-14-19(12-13-21(20)30-10)31(28,29)24(4,5)6/h12-14,18H,11,15-17H2,1-10H3/q+3. The Morgan fingerprint density at radius 2 is 1.81 bits per heavy atom. The van der Waals surface area contributed by atoms with Crippen LogP contribution >= 0.6 is 0 Å². The number of hydrogen-bond donors (Lipinski definition) is 0. The lowest BCUT2D eigenvalue weighted by molar-refractivity contribution is -0.969. The third-order valence-electron chi connectivity index (χ3n) is 7.21. The van der Waals surface area contributed by atoms with E-state index in [-0.39, 0.29) is 24.7 Å². The lowest BCUT2D eigenvalue weighted by Crippen LogP contribution is -2.65. The van der Waals surface area contributed by atoms with Crippen LogP contribution in [0.25, 0.3) is 0 Å². The van der Waals surface area contributed by atoms with Crippen molar-refractivity contribution in [2.45, 2.75) is 37.6 Å². The van der Waals surface area contributed by atoms with Crippen molar-refractivity contribution in [2.24, 2.45) is 5.92 Å². The summed E-state index contributed by atoms with van der Waals surface area (Å²) in [7, 11) is 8.78. The molecular weight excluding hydrogens is 414 g/mol. The predicted octanol–water partition coefficient (Wildman–Crippen LogP) is 2.57. The monoisotopic (exact) mass is 456 g/mol. The molecule has 0 aliphatic carbocycles. The molecule has 2 rings (SSSR count). The molecule has 3 unspecified atom stereocenters. The SMILES string of the molecule is CC[N+]1(C)CC(C)CC1(C)C[N+](C)(C)C(=O)c1cc(S(=O)(=O)[N+](C)(C)C)ccc1OC. The van der Waals surface area contributed by atoms with Crippen molar-refractivity contribution in [1.29, 1.82) is 0 Å². The van der Waals surface area contributed by atoms with E-state index in [4.69, 9.17) is 4.74 Å². The normalized spacial score (nSPS) is 27.4. The van der Waals surface area contributed by atoms with Crippen LogP contribution in [0.4, 0.5) is 0 Å². The minimum atomic E-state index is -3.65. The number of sulfonamides is 1. The van der Waals surface area contributed by atoms with Crippen molar-refractivity contribution in [3.63, 3.8) is 0 Å². The maximum atomic E-state index is 13.8. The van der Waals surface area contributed by atoms with Crippen molar-refractivity contribution in [3.05, 3.63) is 23.8 Å². The highest BCUT2D eigenvalue weighted by atomic mass is 32.2. The molecule has 0 bridgehead atoms. The Kier molecular flexibility index (Phi) is 6.77. The van der Waals surface area contributed by atoms with Gasteiger partial charge in [-0.2, -0.15) is 8.42 Å². The van der Waals surface area contributed by atoms with Crippen molar-refractivity contribution in [1.82, 2.24) is 0 Å². The van der Waals surface area contributed by atoms with Crippen LogP contribution in [0, 0.1) is 5.92 Å². The van der Waals surface area contributed by atoms with Gasteiger partial charge in [0.05, 0.1) is 62.5 Å². The van der Waals surface area contributed by atoms with Gasteiger partial charge in [-0.05, 0) is 32.0 Å². The molecule has 1 aliphatic rings. The summed E-state index contributed by atoms with van der Waals surface area (Å²) in [6, 6.07) is 4.58. The van der Waals surface area contributed by atoms with Gasteiger partial charge in [0.15, 0.2) is 0 Å². The summed E-state index contributed by atoms with van der Waals surface area (Å²) in [5.74, 6) is 0.852. The van der Waals surface area contributed by atoms with Crippen molar-refractivity contribution in [3.8, 4) is 5.75 Å². The van der Waals surface area contributed by atoms with E-state index in [1.54, 1.807) is 27.2 Å². The summed E-state index contributed by atoms with van der Waals surface area (Å²) in [5, 5.41) is 0. The minimum Gasteiger partial charge on any atom is -0.496 e. The van der Waals surface area contributed by atoms with E-state index in [2.05, 4.69) is 27.8 Å². The molecule has 1 amide bonds. The highest BCUT2D eigenvalue weighted by Gasteiger charge is 2.55. The fraction of sp³-hybridized carbons (Fsp3) is 0.696. The van der Waals surface area contributed by atoms with E-state index in [9.17, 15) is 13.2 Å². The fourth-order valence-electron chi connectivity index (χ4n) is 5.27. The first-order valence-corrected chi connectivity index (χ1v) is 12.4. The summed E-state index contributed by atoms with van der Waals surface area (Å²) in [5.41, 5.74) is 0.259.